The molecule has 2 amide bonds. The molecule has 9 nitrogen and oxygen atoms in total. The first-order chi connectivity index (χ1) is 15.3. The molecule has 0 spiro atoms. The number of carbonyl (C=O) groups excluding carboxylic acids is 2. The first-order valence-corrected chi connectivity index (χ1v) is 10.6. The minimum absolute atomic E-state index is 0.0379. The topological polar surface area (TPSA) is 137 Å². The third-order valence-corrected chi connectivity index (χ3v) is 5.74. The van der Waals surface area contributed by atoms with E-state index in [0.29, 0.717) is 38.8 Å². The van der Waals surface area contributed by atoms with Crippen molar-refractivity contribution in [3.05, 3.63) is 53.7 Å². The number of piperidine rings is 1. The van der Waals surface area contributed by atoms with Gasteiger partial charge in [-0.2, -0.15) is 0 Å². The molecule has 32 heavy (non-hydrogen) atoms. The van der Waals surface area contributed by atoms with Crippen LogP contribution in [0.5, 0.6) is 0 Å². The van der Waals surface area contributed by atoms with E-state index in [1.54, 1.807) is 11.0 Å². The summed E-state index contributed by atoms with van der Waals surface area (Å²) in [5.74, 6) is -0.890. The number of aromatic nitrogens is 2. The fraction of sp³-hybridized carbons (Fsp3) is 0.409. The van der Waals surface area contributed by atoms with Gasteiger partial charge in [-0.25, -0.2) is 14.4 Å². The van der Waals surface area contributed by atoms with Gasteiger partial charge in [0.1, 0.15) is 5.82 Å². The molecule has 1 aliphatic rings. The van der Waals surface area contributed by atoms with E-state index >= 15 is 0 Å². The van der Waals surface area contributed by atoms with Crippen LogP contribution in [0, 0.1) is 11.2 Å². The Balaban J connectivity index is 1.74. The number of benzene rings is 1. The molecule has 1 aliphatic heterocycles. The number of nitrogens with zero attached hydrogens (tertiary/aromatic N) is 3. The Bertz CT molecular complexity index is 990. The van der Waals surface area contributed by atoms with E-state index in [-0.39, 0.29) is 35.7 Å². The molecule has 0 atom stereocenters. The fourth-order valence-electron chi connectivity index (χ4n) is 3.90. The summed E-state index contributed by atoms with van der Waals surface area (Å²) < 4.78 is 14.0. The second-order valence-corrected chi connectivity index (χ2v) is 7.90. The van der Waals surface area contributed by atoms with Crippen LogP contribution in [0.25, 0.3) is 0 Å². The number of guanidine groups is 1. The minimum atomic E-state index is -0.543. The van der Waals surface area contributed by atoms with Gasteiger partial charge < -0.3 is 16.0 Å². The molecule has 0 aliphatic carbocycles. The lowest BCUT2D eigenvalue weighted by molar-refractivity contribution is -0.119. The lowest BCUT2D eigenvalue weighted by Gasteiger charge is -2.43. The Morgan fingerprint density at radius 2 is 1.97 bits per heavy atom. The number of rotatable bonds is 6. The summed E-state index contributed by atoms with van der Waals surface area (Å²) in [7, 11) is 0. The highest BCUT2D eigenvalue weighted by molar-refractivity contribution is 5.96. The molecule has 0 bridgehead atoms. The third-order valence-electron chi connectivity index (χ3n) is 5.74. The van der Waals surface area contributed by atoms with Crippen molar-refractivity contribution in [3.8, 4) is 0 Å². The Morgan fingerprint density at radius 3 is 2.62 bits per heavy atom. The first-order valence-electron chi connectivity index (χ1n) is 10.6. The molecule has 10 heteroatoms. The number of nitrogen functional groups attached to an aromatic ring is 1. The molecule has 170 valence electrons. The zero-order valence-corrected chi connectivity index (χ0v) is 18.0. The highest BCUT2D eigenvalue weighted by Gasteiger charge is 2.38. The summed E-state index contributed by atoms with van der Waals surface area (Å²) in [6.45, 7) is 3.10. The van der Waals surface area contributed by atoms with Gasteiger partial charge in [0, 0.05) is 43.9 Å². The number of hydrogen-bond donors (Lipinski definition) is 4. The van der Waals surface area contributed by atoms with Crippen molar-refractivity contribution in [2.75, 3.05) is 25.4 Å². The maximum absolute atomic E-state index is 14.0. The van der Waals surface area contributed by atoms with Crippen molar-refractivity contribution in [1.82, 2.24) is 25.5 Å². The van der Waals surface area contributed by atoms with Crippen molar-refractivity contribution >= 4 is 23.6 Å². The molecule has 1 aromatic heterocycles. The number of nitrogens with one attached hydrogen (secondary N) is 3. The Labute approximate surface area is 186 Å². The lowest BCUT2D eigenvalue weighted by atomic mass is 9.72. The second-order valence-electron chi connectivity index (χ2n) is 7.90. The van der Waals surface area contributed by atoms with Crippen LogP contribution in [0.15, 0.2) is 36.7 Å². The molecule has 1 saturated heterocycles. The molecule has 1 fully saturated rings. The summed E-state index contributed by atoms with van der Waals surface area (Å²) in [4.78, 5) is 34.1. The predicted octanol–water partition coefficient (Wildman–Crippen LogP) is 1.81. The molecule has 2 aromatic rings. The Morgan fingerprint density at radius 1 is 1.25 bits per heavy atom. The molecular weight excluding hydrogens is 413 g/mol. The van der Waals surface area contributed by atoms with Crippen LogP contribution < -0.4 is 16.4 Å². The summed E-state index contributed by atoms with van der Waals surface area (Å²) >= 11 is 0. The van der Waals surface area contributed by atoms with Gasteiger partial charge in [0.05, 0.1) is 0 Å². The van der Waals surface area contributed by atoms with E-state index in [1.165, 1.54) is 24.5 Å². The van der Waals surface area contributed by atoms with Gasteiger partial charge >= 0.3 is 0 Å². The largest absolute Gasteiger partial charge is 0.382 e. The van der Waals surface area contributed by atoms with E-state index in [1.807, 2.05) is 13.0 Å². The van der Waals surface area contributed by atoms with Crippen molar-refractivity contribution in [3.63, 3.8) is 0 Å². The highest BCUT2D eigenvalue weighted by Crippen LogP contribution is 2.35. The monoisotopic (exact) mass is 441 g/mol. The van der Waals surface area contributed by atoms with Crippen LogP contribution >= 0.6 is 0 Å². The average molecular weight is 442 g/mol. The van der Waals surface area contributed by atoms with Crippen LogP contribution in [0.2, 0.25) is 0 Å². The van der Waals surface area contributed by atoms with Crippen LogP contribution in [0.4, 0.5) is 10.2 Å². The molecule has 0 unspecified atom stereocenters. The van der Waals surface area contributed by atoms with Crippen LogP contribution in [0.1, 0.15) is 48.7 Å². The molecule has 2 heterocycles. The van der Waals surface area contributed by atoms with Crippen molar-refractivity contribution in [2.45, 2.75) is 38.0 Å². The molecule has 1 aromatic carbocycles. The molecular formula is C22H28FN7O2. The van der Waals surface area contributed by atoms with Gasteiger partial charge in [-0.15, -0.1) is 0 Å². The van der Waals surface area contributed by atoms with Crippen molar-refractivity contribution in [1.29, 1.82) is 5.41 Å². The van der Waals surface area contributed by atoms with Gasteiger partial charge in [0.25, 0.3) is 5.91 Å². The number of hydrogen-bond acceptors (Lipinski definition) is 6. The average Bonchev–Trinajstić information content (AvgIpc) is 2.78. The molecule has 0 saturated carbocycles. The Hall–Kier alpha value is -3.56. The predicted molar refractivity (Wildman–Crippen MR) is 118 cm³/mol. The van der Waals surface area contributed by atoms with Gasteiger partial charge in [-0.3, -0.25) is 20.3 Å². The quantitative estimate of drug-likeness (QED) is 0.399. The lowest BCUT2D eigenvalue weighted by Crippen LogP contribution is -2.53. The standard InChI is InChI=1S/C22H28FN7O2/c1-2-4-17(31)29-21(25)30-11-7-22(8-12-30,15-5-3-6-16(23)13-15)14-28-20(32)18-19(24)27-10-9-26-18/h3,5-6,9-10,13H,2,4,7-8,11-12,14H2,1H3,(H2,24,27)(H,28,32)(H2,25,29,31). The van der Waals surface area contributed by atoms with E-state index in [0.717, 1.165) is 5.56 Å². The molecule has 3 rings (SSSR count). The summed E-state index contributed by atoms with van der Waals surface area (Å²) in [5.41, 5.74) is 6.03. The van der Waals surface area contributed by atoms with Gasteiger partial charge in [-0.1, -0.05) is 19.1 Å². The first kappa shape index (κ1) is 23.1. The van der Waals surface area contributed by atoms with Gasteiger partial charge in [-0.05, 0) is 37.0 Å². The van der Waals surface area contributed by atoms with Crippen molar-refractivity contribution < 1.29 is 14.0 Å². The SMILES string of the molecule is CCCC(=O)NC(=N)N1CCC(CNC(=O)c2nccnc2N)(c2cccc(F)c2)CC1. The maximum atomic E-state index is 14.0. The number of anilines is 1. The van der Waals surface area contributed by atoms with E-state index in [4.69, 9.17) is 11.1 Å². The zero-order chi connectivity index (χ0) is 23.1. The van der Waals surface area contributed by atoms with E-state index in [2.05, 4.69) is 20.6 Å². The van der Waals surface area contributed by atoms with Crippen LogP contribution in [-0.4, -0.2) is 52.3 Å². The number of halogens is 1. The van der Waals surface area contributed by atoms with Crippen molar-refractivity contribution in [2.24, 2.45) is 0 Å². The van der Waals surface area contributed by atoms with Crippen LogP contribution in [0.3, 0.4) is 0 Å². The fourth-order valence-corrected chi connectivity index (χ4v) is 3.90. The Kier molecular flexibility index (Phi) is 7.34. The van der Waals surface area contributed by atoms with Gasteiger partial charge in [0.2, 0.25) is 5.91 Å². The molecule has 0 radical (unpaired) electrons. The third kappa shape index (κ3) is 5.37. The summed E-state index contributed by atoms with van der Waals surface area (Å²) in [6.07, 6.45) is 4.98. The number of carbonyl (C=O) groups is 2. The number of amides is 2. The zero-order valence-electron chi connectivity index (χ0n) is 18.0. The second kappa shape index (κ2) is 10.2. The molecule has 5 N–H and O–H groups in total. The highest BCUT2D eigenvalue weighted by atomic mass is 19.1. The van der Waals surface area contributed by atoms with E-state index in [9.17, 15) is 14.0 Å². The number of likely N-dealkylation sites (tertiary alicyclic amines) is 1. The van der Waals surface area contributed by atoms with Gasteiger partial charge in [0.15, 0.2) is 17.5 Å². The number of nitrogens with two attached hydrogens (primary N) is 1. The van der Waals surface area contributed by atoms with Crippen LogP contribution in [-0.2, 0) is 10.2 Å². The van der Waals surface area contributed by atoms with E-state index < -0.39 is 11.3 Å². The normalized spacial score (nSPS) is 15.1. The maximum Gasteiger partial charge on any atom is 0.273 e. The smallest absolute Gasteiger partial charge is 0.273 e. The minimum Gasteiger partial charge on any atom is -0.382 e. The summed E-state index contributed by atoms with van der Waals surface area (Å²) in [6, 6.07) is 6.35. The summed E-state index contributed by atoms with van der Waals surface area (Å²) in [5, 5.41) is 13.7.